The van der Waals surface area contributed by atoms with E-state index in [1.807, 2.05) is 36.1 Å². The first-order chi connectivity index (χ1) is 9.44. The SMILES string of the molecule is Cc1ccc2cc(Br)cc(N3CCC(F)(F)CC3)c2n1. The lowest BCUT2D eigenvalue weighted by Crippen LogP contribution is -2.39. The minimum absolute atomic E-state index is 0.0905. The third kappa shape index (κ3) is 2.64. The first kappa shape index (κ1) is 13.7. The second-order valence-electron chi connectivity index (χ2n) is 5.29. The van der Waals surface area contributed by atoms with Crippen LogP contribution in [0.2, 0.25) is 0 Å². The normalized spacial score (nSPS) is 18.5. The number of hydrogen-bond acceptors (Lipinski definition) is 2. The van der Waals surface area contributed by atoms with Crippen LogP contribution >= 0.6 is 15.9 Å². The van der Waals surface area contributed by atoms with E-state index in [1.165, 1.54) is 0 Å². The molecule has 2 aromatic rings. The van der Waals surface area contributed by atoms with Gasteiger partial charge in [-0.2, -0.15) is 0 Å². The van der Waals surface area contributed by atoms with E-state index in [0.717, 1.165) is 26.8 Å². The summed E-state index contributed by atoms with van der Waals surface area (Å²) >= 11 is 3.49. The summed E-state index contributed by atoms with van der Waals surface area (Å²) in [6.07, 6.45) is -0.181. The molecule has 1 aliphatic rings. The summed E-state index contributed by atoms with van der Waals surface area (Å²) in [4.78, 5) is 6.59. The fraction of sp³-hybridized carbons (Fsp3) is 0.400. The number of piperidine rings is 1. The topological polar surface area (TPSA) is 16.1 Å². The van der Waals surface area contributed by atoms with Gasteiger partial charge in [-0.3, -0.25) is 4.98 Å². The zero-order valence-electron chi connectivity index (χ0n) is 11.2. The monoisotopic (exact) mass is 340 g/mol. The van der Waals surface area contributed by atoms with Gasteiger partial charge in [0.25, 0.3) is 5.92 Å². The first-order valence-corrected chi connectivity index (χ1v) is 7.44. The standard InChI is InChI=1S/C15H15BrF2N2/c1-10-2-3-11-8-12(16)9-13(14(11)19-10)20-6-4-15(17,18)5-7-20/h2-3,8-9H,4-7H2,1H3. The molecular formula is C15H15BrF2N2. The Morgan fingerprint density at radius 1 is 1.20 bits per heavy atom. The summed E-state index contributed by atoms with van der Waals surface area (Å²) in [6.45, 7) is 2.68. The maximum absolute atomic E-state index is 13.3. The van der Waals surface area contributed by atoms with Crippen LogP contribution in [0.5, 0.6) is 0 Å². The van der Waals surface area contributed by atoms with Crippen molar-refractivity contribution >= 4 is 32.5 Å². The van der Waals surface area contributed by atoms with Crippen molar-refractivity contribution in [2.75, 3.05) is 18.0 Å². The van der Waals surface area contributed by atoms with Crippen molar-refractivity contribution in [2.45, 2.75) is 25.7 Å². The van der Waals surface area contributed by atoms with Crippen molar-refractivity contribution < 1.29 is 8.78 Å². The third-order valence-electron chi connectivity index (χ3n) is 3.71. The molecule has 0 aliphatic carbocycles. The molecule has 1 aromatic heterocycles. The van der Waals surface area contributed by atoms with Crippen molar-refractivity contribution in [1.29, 1.82) is 0 Å². The highest BCUT2D eigenvalue weighted by molar-refractivity contribution is 9.10. The Balaban J connectivity index is 2.04. The van der Waals surface area contributed by atoms with Crippen LogP contribution in [0.15, 0.2) is 28.7 Å². The number of nitrogens with zero attached hydrogens (tertiary/aromatic N) is 2. The van der Waals surface area contributed by atoms with Crippen molar-refractivity contribution in [1.82, 2.24) is 4.98 Å². The average molecular weight is 341 g/mol. The van der Waals surface area contributed by atoms with E-state index in [1.54, 1.807) is 0 Å². The van der Waals surface area contributed by atoms with Gasteiger partial charge in [-0.1, -0.05) is 22.0 Å². The van der Waals surface area contributed by atoms with Gasteiger partial charge in [0, 0.05) is 41.5 Å². The lowest BCUT2D eigenvalue weighted by atomic mass is 10.0. The highest BCUT2D eigenvalue weighted by Crippen LogP contribution is 2.35. The quantitative estimate of drug-likeness (QED) is 0.757. The Hall–Kier alpha value is -1.23. The fourth-order valence-corrected chi connectivity index (χ4v) is 3.06. The van der Waals surface area contributed by atoms with Crippen LogP contribution in [0, 0.1) is 6.92 Å². The van der Waals surface area contributed by atoms with Gasteiger partial charge in [-0.15, -0.1) is 0 Å². The van der Waals surface area contributed by atoms with Crippen LogP contribution in [0.25, 0.3) is 10.9 Å². The van der Waals surface area contributed by atoms with Crippen LogP contribution in [-0.4, -0.2) is 24.0 Å². The smallest absolute Gasteiger partial charge is 0.251 e. The Bertz CT molecular complexity index is 648. The molecule has 3 rings (SSSR count). The van der Waals surface area contributed by atoms with E-state index < -0.39 is 5.92 Å². The largest absolute Gasteiger partial charge is 0.369 e. The molecule has 1 saturated heterocycles. The van der Waals surface area contributed by atoms with Gasteiger partial charge in [0.1, 0.15) is 0 Å². The molecule has 0 unspecified atom stereocenters. The van der Waals surface area contributed by atoms with Crippen molar-refractivity contribution in [3.8, 4) is 0 Å². The van der Waals surface area contributed by atoms with Crippen molar-refractivity contribution in [3.63, 3.8) is 0 Å². The fourth-order valence-electron chi connectivity index (χ4n) is 2.59. The van der Waals surface area contributed by atoms with Crippen LogP contribution in [0.3, 0.4) is 0 Å². The third-order valence-corrected chi connectivity index (χ3v) is 4.17. The summed E-state index contributed by atoms with van der Waals surface area (Å²) < 4.78 is 27.5. The number of rotatable bonds is 1. The van der Waals surface area contributed by atoms with Gasteiger partial charge in [0.2, 0.25) is 0 Å². The van der Waals surface area contributed by atoms with Gasteiger partial charge >= 0.3 is 0 Å². The van der Waals surface area contributed by atoms with E-state index in [0.29, 0.717) is 13.1 Å². The summed E-state index contributed by atoms with van der Waals surface area (Å²) in [6, 6.07) is 7.95. The van der Waals surface area contributed by atoms with Crippen LogP contribution in [0.4, 0.5) is 14.5 Å². The number of aryl methyl sites for hydroxylation is 1. The molecule has 20 heavy (non-hydrogen) atoms. The molecule has 0 radical (unpaired) electrons. The second kappa shape index (κ2) is 4.95. The lowest BCUT2D eigenvalue weighted by Gasteiger charge is -2.33. The average Bonchev–Trinajstić information content (AvgIpc) is 2.39. The van der Waals surface area contributed by atoms with Crippen LogP contribution in [0.1, 0.15) is 18.5 Å². The molecule has 2 heterocycles. The zero-order valence-corrected chi connectivity index (χ0v) is 12.8. The number of aromatic nitrogens is 1. The van der Waals surface area contributed by atoms with Crippen molar-refractivity contribution in [2.24, 2.45) is 0 Å². The molecule has 0 bridgehead atoms. The highest BCUT2D eigenvalue weighted by atomic mass is 79.9. The number of benzene rings is 1. The van der Waals surface area contributed by atoms with E-state index in [9.17, 15) is 8.78 Å². The molecule has 0 amide bonds. The Kier molecular flexibility index (Phi) is 3.40. The number of halogens is 3. The highest BCUT2D eigenvalue weighted by Gasteiger charge is 2.34. The molecule has 5 heteroatoms. The number of hydrogen-bond donors (Lipinski definition) is 0. The summed E-state index contributed by atoms with van der Waals surface area (Å²) in [5, 5.41) is 1.03. The number of pyridine rings is 1. The van der Waals surface area contributed by atoms with Crippen LogP contribution in [-0.2, 0) is 0 Å². The number of alkyl halides is 2. The summed E-state index contributed by atoms with van der Waals surface area (Å²) in [7, 11) is 0. The molecule has 1 aromatic carbocycles. The molecule has 0 atom stereocenters. The lowest BCUT2D eigenvalue weighted by molar-refractivity contribution is -0.0220. The molecule has 1 aliphatic heterocycles. The van der Waals surface area contributed by atoms with E-state index in [4.69, 9.17) is 0 Å². The molecular weight excluding hydrogens is 326 g/mol. The molecule has 0 saturated carbocycles. The minimum atomic E-state index is -2.53. The van der Waals surface area contributed by atoms with Gasteiger partial charge in [0.05, 0.1) is 11.2 Å². The van der Waals surface area contributed by atoms with E-state index in [-0.39, 0.29) is 12.8 Å². The summed E-state index contributed by atoms with van der Waals surface area (Å²) in [5.41, 5.74) is 2.76. The Morgan fingerprint density at radius 2 is 1.90 bits per heavy atom. The summed E-state index contributed by atoms with van der Waals surface area (Å²) in [5.74, 6) is -2.53. The Morgan fingerprint density at radius 3 is 2.60 bits per heavy atom. The van der Waals surface area contributed by atoms with E-state index >= 15 is 0 Å². The van der Waals surface area contributed by atoms with Gasteiger partial charge in [-0.05, 0) is 25.1 Å². The molecule has 0 N–H and O–H groups in total. The maximum Gasteiger partial charge on any atom is 0.251 e. The molecule has 106 valence electrons. The minimum Gasteiger partial charge on any atom is -0.369 e. The molecule has 1 fully saturated rings. The maximum atomic E-state index is 13.3. The van der Waals surface area contributed by atoms with Gasteiger partial charge in [0.15, 0.2) is 0 Å². The number of fused-ring (bicyclic) bond motifs is 1. The Labute approximate surface area is 124 Å². The number of anilines is 1. The first-order valence-electron chi connectivity index (χ1n) is 6.64. The van der Waals surface area contributed by atoms with Crippen molar-refractivity contribution in [3.05, 3.63) is 34.4 Å². The van der Waals surface area contributed by atoms with E-state index in [2.05, 4.69) is 20.9 Å². The molecule has 2 nitrogen and oxygen atoms in total. The van der Waals surface area contributed by atoms with Crippen LogP contribution < -0.4 is 4.90 Å². The predicted molar refractivity (Wildman–Crippen MR) is 80.6 cm³/mol. The van der Waals surface area contributed by atoms with Gasteiger partial charge < -0.3 is 4.90 Å². The van der Waals surface area contributed by atoms with Gasteiger partial charge in [-0.25, -0.2) is 8.78 Å². The predicted octanol–water partition coefficient (Wildman–Crippen LogP) is 4.54. The zero-order chi connectivity index (χ0) is 14.3. The molecule has 0 spiro atoms. The second-order valence-corrected chi connectivity index (χ2v) is 6.21.